The van der Waals surface area contributed by atoms with Gasteiger partial charge < -0.3 is 10.4 Å². The quantitative estimate of drug-likeness (QED) is 0.475. The number of anilines is 2. The van der Waals surface area contributed by atoms with Gasteiger partial charge in [0.05, 0.1) is 10.9 Å². The van der Waals surface area contributed by atoms with Crippen molar-refractivity contribution in [3.8, 4) is 11.1 Å². The number of carboxylic acid groups (broad SMARTS) is 1. The number of rotatable bonds is 4. The average molecular weight is 393 g/mol. The van der Waals surface area contributed by atoms with Crippen LogP contribution in [0.15, 0.2) is 48.5 Å². The van der Waals surface area contributed by atoms with Gasteiger partial charge in [0.15, 0.2) is 0 Å². The third kappa shape index (κ3) is 3.32. The molecule has 2 N–H and O–H groups in total. The third-order valence-corrected chi connectivity index (χ3v) is 5.34. The van der Waals surface area contributed by atoms with Crippen molar-refractivity contribution >= 4 is 39.0 Å². The van der Waals surface area contributed by atoms with Gasteiger partial charge in [-0.05, 0) is 49.7 Å². The van der Waals surface area contributed by atoms with Crippen molar-refractivity contribution in [3.63, 3.8) is 0 Å². The monoisotopic (exact) mass is 393 g/mol. The highest BCUT2D eigenvalue weighted by atomic mass is 32.1. The van der Waals surface area contributed by atoms with Crippen molar-refractivity contribution in [2.45, 2.75) is 13.8 Å². The second-order valence-corrected chi connectivity index (χ2v) is 7.55. The Morgan fingerprint density at radius 1 is 1.11 bits per heavy atom. The fraction of sp³-hybridized carbons (Fsp3) is 0.0952. The summed E-state index contributed by atoms with van der Waals surface area (Å²) in [6.45, 7) is 3.81. The Labute approximate surface area is 164 Å². The molecular formula is C21H16FN3O2S. The third-order valence-electron chi connectivity index (χ3n) is 4.34. The number of halogens is 1. The summed E-state index contributed by atoms with van der Waals surface area (Å²) < 4.78 is 13.4. The number of aromatic nitrogens is 2. The summed E-state index contributed by atoms with van der Waals surface area (Å²) >= 11 is 1.55. The van der Waals surface area contributed by atoms with Crippen LogP contribution in [0.5, 0.6) is 0 Å². The summed E-state index contributed by atoms with van der Waals surface area (Å²) in [5.74, 6) is -0.0899. The van der Waals surface area contributed by atoms with Crippen LogP contribution >= 0.6 is 11.3 Å². The van der Waals surface area contributed by atoms with Crippen LogP contribution in [0.4, 0.5) is 15.9 Å². The Morgan fingerprint density at radius 3 is 2.57 bits per heavy atom. The molecule has 2 aromatic carbocycles. The molecule has 5 nitrogen and oxygen atoms in total. The Balaban J connectivity index is 1.89. The van der Waals surface area contributed by atoms with Crippen molar-refractivity contribution < 1.29 is 14.3 Å². The molecule has 4 aromatic rings. The van der Waals surface area contributed by atoms with E-state index >= 15 is 0 Å². The molecule has 0 fully saturated rings. The molecule has 0 bridgehead atoms. The lowest BCUT2D eigenvalue weighted by Gasteiger charge is -2.11. The van der Waals surface area contributed by atoms with E-state index in [1.54, 1.807) is 41.7 Å². The van der Waals surface area contributed by atoms with Gasteiger partial charge in [-0.1, -0.05) is 18.2 Å². The SMILES string of the molecule is Cc1nc(Nc2cccc(C(=O)O)c2)c2c(-c3ccc(F)cc3)c(C)sc2n1. The number of nitrogens with one attached hydrogen (secondary N) is 1. The summed E-state index contributed by atoms with van der Waals surface area (Å²) in [4.78, 5) is 22.2. The predicted molar refractivity (Wildman–Crippen MR) is 109 cm³/mol. The number of fused-ring (bicyclic) bond motifs is 1. The maximum atomic E-state index is 13.4. The number of nitrogens with zero attached hydrogens (tertiary/aromatic N) is 2. The minimum Gasteiger partial charge on any atom is -0.478 e. The van der Waals surface area contributed by atoms with Crippen LogP contribution in [0.25, 0.3) is 21.3 Å². The van der Waals surface area contributed by atoms with Crippen molar-refractivity contribution in [2.24, 2.45) is 0 Å². The molecular weight excluding hydrogens is 377 g/mol. The van der Waals surface area contributed by atoms with Crippen LogP contribution in [0.3, 0.4) is 0 Å². The van der Waals surface area contributed by atoms with Gasteiger partial charge in [0, 0.05) is 16.1 Å². The first-order valence-electron chi connectivity index (χ1n) is 8.56. The van der Waals surface area contributed by atoms with Crippen LogP contribution in [-0.4, -0.2) is 21.0 Å². The molecule has 7 heteroatoms. The van der Waals surface area contributed by atoms with Gasteiger partial charge >= 0.3 is 5.97 Å². The van der Waals surface area contributed by atoms with Gasteiger partial charge in [0.1, 0.15) is 22.3 Å². The van der Waals surface area contributed by atoms with Crippen LogP contribution in [-0.2, 0) is 0 Å². The summed E-state index contributed by atoms with van der Waals surface area (Å²) in [5.41, 5.74) is 2.62. The molecule has 28 heavy (non-hydrogen) atoms. The highest BCUT2D eigenvalue weighted by Crippen LogP contribution is 2.41. The lowest BCUT2D eigenvalue weighted by atomic mass is 10.0. The second-order valence-electron chi connectivity index (χ2n) is 6.35. The fourth-order valence-corrected chi connectivity index (χ4v) is 4.23. The molecule has 0 saturated carbocycles. The largest absolute Gasteiger partial charge is 0.478 e. The number of thiophene rings is 1. The van der Waals surface area contributed by atoms with Gasteiger partial charge in [-0.2, -0.15) is 0 Å². The van der Waals surface area contributed by atoms with E-state index in [0.29, 0.717) is 17.3 Å². The average Bonchev–Trinajstić information content (AvgIpc) is 2.98. The van der Waals surface area contributed by atoms with E-state index in [0.717, 1.165) is 26.2 Å². The summed E-state index contributed by atoms with van der Waals surface area (Å²) in [5, 5.41) is 13.3. The van der Waals surface area contributed by atoms with Gasteiger partial charge in [0.2, 0.25) is 0 Å². The second kappa shape index (κ2) is 7.01. The number of carboxylic acids is 1. The number of hydrogen-bond donors (Lipinski definition) is 2. The zero-order valence-electron chi connectivity index (χ0n) is 15.2. The molecule has 0 aliphatic heterocycles. The Hall–Kier alpha value is -3.32. The number of carbonyl (C=O) groups is 1. The lowest BCUT2D eigenvalue weighted by Crippen LogP contribution is -2.01. The summed E-state index contributed by atoms with van der Waals surface area (Å²) in [7, 11) is 0. The minimum absolute atomic E-state index is 0.187. The van der Waals surface area contributed by atoms with Gasteiger partial charge in [-0.15, -0.1) is 11.3 Å². The van der Waals surface area contributed by atoms with Gasteiger partial charge in [0.25, 0.3) is 0 Å². The van der Waals surface area contributed by atoms with E-state index in [1.807, 2.05) is 13.8 Å². The van der Waals surface area contributed by atoms with E-state index in [4.69, 9.17) is 0 Å². The molecule has 0 aliphatic carbocycles. The molecule has 140 valence electrons. The van der Waals surface area contributed by atoms with Crippen molar-refractivity contribution in [1.29, 1.82) is 0 Å². The molecule has 2 aromatic heterocycles. The van der Waals surface area contributed by atoms with Crippen LogP contribution in [0, 0.1) is 19.7 Å². The van der Waals surface area contributed by atoms with Gasteiger partial charge in [-0.3, -0.25) is 0 Å². The van der Waals surface area contributed by atoms with E-state index in [-0.39, 0.29) is 11.4 Å². The molecule has 0 spiro atoms. The molecule has 0 unspecified atom stereocenters. The van der Waals surface area contributed by atoms with E-state index in [2.05, 4.69) is 15.3 Å². The Bertz CT molecular complexity index is 1200. The highest BCUT2D eigenvalue weighted by Gasteiger charge is 2.18. The first-order valence-corrected chi connectivity index (χ1v) is 9.38. The maximum Gasteiger partial charge on any atom is 0.335 e. The van der Waals surface area contributed by atoms with Crippen LogP contribution < -0.4 is 5.32 Å². The van der Waals surface area contributed by atoms with Crippen molar-refractivity contribution in [2.75, 3.05) is 5.32 Å². The zero-order chi connectivity index (χ0) is 19.8. The molecule has 0 aliphatic rings. The smallest absolute Gasteiger partial charge is 0.335 e. The van der Waals surface area contributed by atoms with Crippen LogP contribution in [0.1, 0.15) is 21.1 Å². The van der Waals surface area contributed by atoms with Crippen LogP contribution in [0.2, 0.25) is 0 Å². The standard InChI is InChI=1S/C21H16FN3O2S/c1-11-17(13-6-8-15(22)9-7-13)18-19(23-12(2)24-20(18)28-11)25-16-5-3-4-14(10-16)21(26)27/h3-10H,1-2H3,(H,26,27)(H,23,24,25). The normalized spacial score (nSPS) is 11.0. The molecule has 0 amide bonds. The molecule has 2 heterocycles. The van der Waals surface area contributed by atoms with Crippen molar-refractivity contribution in [1.82, 2.24) is 9.97 Å². The Kier molecular flexibility index (Phi) is 4.52. The maximum absolute atomic E-state index is 13.4. The summed E-state index contributed by atoms with van der Waals surface area (Å²) in [6.07, 6.45) is 0. The molecule has 0 saturated heterocycles. The van der Waals surface area contributed by atoms with E-state index < -0.39 is 5.97 Å². The minimum atomic E-state index is -0.994. The number of aromatic carboxylic acids is 1. The first-order chi connectivity index (χ1) is 13.4. The topological polar surface area (TPSA) is 75.1 Å². The first kappa shape index (κ1) is 18.1. The van der Waals surface area contributed by atoms with Gasteiger partial charge in [-0.25, -0.2) is 19.2 Å². The highest BCUT2D eigenvalue weighted by molar-refractivity contribution is 7.19. The van der Waals surface area contributed by atoms with E-state index in [9.17, 15) is 14.3 Å². The summed E-state index contributed by atoms with van der Waals surface area (Å²) in [6, 6.07) is 12.9. The molecule has 0 atom stereocenters. The Morgan fingerprint density at radius 2 is 1.86 bits per heavy atom. The predicted octanol–water partition coefficient (Wildman–Crippen LogP) is 5.56. The number of hydrogen-bond acceptors (Lipinski definition) is 5. The zero-order valence-corrected chi connectivity index (χ0v) is 16.0. The molecule has 4 rings (SSSR count). The number of benzene rings is 2. The fourth-order valence-electron chi connectivity index (χ4n) is 3.14. The van der Waals surface area contributed by atoms with E-state index in [1.165, 1.54) is 18.2 Å². The number of aryl methyl sites for hydroxylation is 2. The lowest BCUT2D eigenvalue weighted by molar-refractivity contribution is 0.0697. The van der Waals surface area contributed by atoms with Crippen molar-refractivity contribution in [3.05, 3.63) is 70.6 Å². The molecule has 0 radical (unpaired) electrons.